The van der Waals surface area contributed by atoms with Crippen molar-refractivity contribution in [3.8, 4) is 11.5 Å². The summed E-state index contributed by atoms with van der Waals surface area (Å²) in [6, 6.07) is 10.9. The number of anilines is 1. The van der Waals surface area contributed by atoms with Gasteiger partial charge in [-0.15, -0.1) is 0 Å². The van der Waals surface area contributed by atoms with Crippen LogP contribution in [-0.2, 0) is 0 Å². The highest BCUT2D eigenvalue weighted by atomic mass is 35.5. The molecule has 110 valence electrons. The van der Waals surface area contributed by atoms with Crippen molar-refractivity contribution < 1.29 is 9.84 Å². The first kappa shape index (κ1) is 15.2. The van der Waals surface area contributed by atoms with Crippen LogP contribution in [0.1, 0.15) is 18.1 Å². The summed E-state index contributed by atoms with van der Waals surface area (Å²) in [7, 11) is 0. The van der Waals surface area contributed by atoms with Gasteiger partial charge in [0.05, 0.1) is 18.5 Å². The number of benzene rings is 2. The molecule has 0 saturated carbocycles. The third-order valence-corrected chi connectivity index (χ3v) is 3.31. The first-order chi connectivity index (χ1) is 10.1. The molecule has 0 amide bonds. The van der Waals surface area contributed by atoms with E-state index in [0.717, 1.165) is 11.3 Å². The number of ether oxygens (including phenoxy) is 1. The Hall–Kier alpha value is -2.20. The normalized spacial score (nSPS) is 10.8. The Morgan fingerprint density at radius 3 is 2.86 bits per heavy atom. The van der Waals surface area contributed by atoms with E-state index < -0.39 is 0 Å². The first-order valence-corrected chi connectivity index (χ1v) is 6.99. The maximum atomic E-state index is 10.0. The van der Waals surface area contributed by atoms with Crippen LogP contribution in [0.5, 0.6) is 11.5 Å². The van der Waals surface area contributed by atoms with Gasteiger partial charge in [0.2, 0.25) is 0 Å². The molecule has 0 aliphatic rings. The van der Waals surface area contributed by atoms with E-state index in [9.17, 15) is 5.11 Å². The van der Waals surface area contributed by atoms with Crippen molar-refractivity contribution in [3.63, 3.8) is 0 Å². The number of para-hydroxylation sites is 1. The monoisotopic (exact) mass is 304 g/mol. The fourth-order valence-corrected chi connectivity index (χ4v) is 1.93. The summed E-state index contributed by atoms with van der Waals surface area (Å²) >= 11 is 6.04. The van der Waals surface area contributed by atoms with Crippen LogP contribution in [0.15, 0.2) is 41.5 Å². The van der Waals surface area contributed by atoms with E-state index in [-0.39, 0.29) is 5.75 Å². The van der Waals surface area contributed by atoms with Gasteiger partial charge in [0.1, 0.15) is 0 Å². The van der Waals surface area contributed by atoms with Crippen LogP contribution in [0, 0.1) is 6.92 Å². The highest BCUT2D eigenvalue weighted by molar-refractivity contribution is 6.31. The van der Waals surface area contributed by atoms with E-state index >= 15 is 0 Å². The number of nitrogens with one attached hydrogen (secondary N) is 1. The Morgan fingerprint density at radius 1 is 1.33 bits per heavy atom. The van der Waals surface area contributed by atoms with Crippen molar-refractivity contribution in [2.24, 2.45) is 5.10 Å². The molecule has 0 saturated heterocycles. The molecular formula is C16H17ClN2O2. The topological polar surface area (TPSA) is 53.8 Å². The van der Waals surface area contributed by atoms with Crippen LogP contribution >= 0.6 is 11.6 Å². The molecule has 0 aliphatic heterocycles. The second-order valence-electron chi connectivity index (χ2n) is 4.46. The van der Waals surface area contributed by atoms with E-state index in [1.807, 2.05) is 26.0 Å². The quantitative estimate of drug-likeness (QED) is 0.643. The molecule has 2 aromatic rings. The number of nitrogens with zero attached hydrogens (tertiary/aromatic N) is 1. The molecule has 0 aliphatic carbocycles. The van der Waals surface area contributed by atoms with E-state index in [1.165, 1.54) is 6.21 Å². The third kappa shape index (κ3) is 3.89. The second-order valence-corrected chi connectivity index (χ2v) is 4.87. The van der Waals surface area contributed by atoms with Gasteiger partial charge in [0, 0.05) is 10.6 Å². The highest BCUT2D eigenvalue weighted by Crippen LogP contribution is 2.28. The number of hydrazone groups is 1. The molecule has 0 aromatic heterocycles. The average molecular weight is 305 g/mol. The average Bonchev–Trinajstić information content (AvgIpc) is 2.47. The zero-order valence-electron chi connectivity index (χ0n) is 11.9. The molecule has 2 rings (SSSR count). The molecule has 0 unspecified atom stereocenters. The number of rotatable bonds is 5. The summed E-state index contributed by atoms with van der Waals surface area (Å²) in [5.41, 5.74) is 5.24. The zero-order chi connectivity index (χ0) is 15.2. The maximum Gasteiger partial charge on any atom is 0.166 e. The zero-order valence-corrected chi connectivity index (χ0v) is 12.7. The van der Waals surface area contributed by atoms with Crippen molar-refractivity contribution in [2.75, 3.05) is 12.0 Å². The smallest absolute Gasteiger partial charge is 0.166 e. The van der Waals surface area contributed by atoms with Gasteiger partial charge in [-0.05, 0) is 43.7 Å². The Morgan fingerprint density at radius 2 is 2.14 bits per heavy atom. The van der Waals surface area contributed by atoms with E-state index in [2.05, 4.69) is 10.5 Å². The summed E-state index contributed by atoms with van der Waals surface area (Å²) in [4.78, 5) is 0. The predicted octanol–water partition coefficient (Wildman–Crippen LogP) is 4.20. The molecule has 2 aromatic carbocycles. The molecule has 4 nitrogen and oxygen atoms in total. The minimum absolute atomic E-state index is 0.0758. The van der Waals surface area contributed by atoms with Crippen LogP contribution in [-0.4, -0.2) is 17.9 Å². The van der Waals surface area contributed by atoms with Gasteiger partial charge in [-0.3, -0.25) is 5.43 Å². The van der Waals surface area contributed by atoms with Gasteiger partial charge in [-0.1, -0.05) is 23.7 Å². The molecule has 5 heteroatoms. The Balaban J connectivity index is 2.10. The molecule has 0 spiro atoms. The third-order valence-electron chi connectivity index (χ3n) is 2.90. The Kier molecular flexibility index (Phi) is 5.06. The van der Waals surface area contributed by atoms with Gasteiger partial charge < -0.3 is 9.84 Å². The number of phenolic OH excluding ortho intramolecular Hbond substituents is 1. The maximum absolute atomic E-state index is 10.0. The number of aromatic hydroxyl groups is 1. The fourth-order valence-electron chi connectivity index (χ4n) is 1.75. The van der Waals surface area contributed by atoms with Crippen molar-refractivity contribution in [2.45, 2.75) is 13.8 Å². The Bertz CT molecular complexity index is 657. The van der Waals surface area contributed by atoms with Crippen LogP contribution in [0.3, 0.4) is 0 Å². The van der Waals surface area contributed by atoms with Gasteiger partial charge in [0.15, 0.2) is 11.5 Å². The minimum atomic E-state index is 0.0758. The molecule has 21 heavy (non-hydrogen) atoms. The van der Waals surface area contributed by atoms with Crippen molar-refractivity contribution in [1.29, 1.82) is 0 Å². The molecule has 0 heterocycles. The summed E-state index contributed by atoms with van der Waals surface area (Å²) in [6.45, 7) is 4.30. The standard InChI is InChI=1S/C16H17ClN2O2/c1-3-21-15-6-4-5-12(16(15)20)10-18-19-13-8-7-11(2)14(17)9-13/h4-10,19-20H,3H2,1-2H3/b18-10+. The lowest BCUT2D eigenvalue weighted by atomic mass is 10.2. The molecule has 0 bridgehead atoms. The molecule has 0 radical (unpaired) electrons. The van der Waals surface area contributed by atoms with Crippen LogP contribution < -0.4 is 10.2 Å². The van der Waals surface area contributed by atoms with Gasteiger partial charge in [-0.2, -0.15) is 5.10 Å². The summed E-state index contributed by atoms with van der Waals surface area (Å²) in [5, 5.41) is 14.8. The van der Waals surface area contributed by atoms with Gasteiger partial charge in [0.25, 0.3) is 0 Å². The first-order valence-electron chi connectivity index (χ1n) is 6.62. The highest BCUT2D eigenvalue weighted by Gasteiger charge is 2.05. The predicted molar refractivity (Wildman–Crippen MR) is 86.7 cm³/mol. The van der Waals surface area contributed by atoms with E-state index in [1.54, 1.807) is 24.3 Å². The van der Waals surface area contributed by atoms with Crippen molar-refractivity contribution in [1.82, 2.24) is 0 Å². The van der Waals surface area contributed by atoms with Crippen LogP contribution in [0.4, 0.5) is 5.69 Å². The largest absolute Gasteiger partial charge is 0.504 e. The number of hydrogen-bond acceptors (Lipinski definition) is 4. The molecule has 2 N–H and O–H groups in total. The summed E-state index contributed by atoms with van der Waals surface area (Å²) in [6.07, 6.45) is 1.53. The van der Waals surface area contributed by atoms with Crippen molar-refractivity contribution in [3.05, 3.63) is 52.5 Å². The SMILES string of the molecule is CCOc1cccc(/C=N/Nc2ccc(C)c(Cl)c2)c1O. The van der Waals surface area contributed by atoms with Crippen LogP contribution in [0.2, 0.25) is 5.02 Å². The van der Waals surface area contributed by atoms with Crippen LogP contribution in [0.25, 0.3) is 0 Å². The summed E-state index contributed by atoms with van der Waals surface area (Å²) < 4.78 is 5.32. The molecule has 0 atom stereocenters. The Labute approximate surface area is 129 Å². The number of halogens is 1. The van der Waals surface area contributed by atoms with Crippen molar-refractivity contribution >= 4 is 23.5 Å². The van der Waals surface area contributed by atoms with E-state index in [4.69, 9.17) is 16.3 Å². The van der Waals surface area contributed by atoms with Gasteiger partial charge >= 0.3 is 0 Å². The summed E-state index contributed by atoms with van der Waals surface area (Å²) in [5.74, 6) is 0.520. The lowest BCUT2D eigenvalue weighted by Gasteiger charge is -2.07. The molecular weight excluding hydrogens is 288 g/mol. The fraction of sp³-hybridized carbons (Fsp3) is 0.188. The lowest BCUT2D eigenvalue weighted by molar-refractivity contribution is 0.318. The molecule has 0 fully saturated rings. The minimum Gasteiger partial charge on any atom is -0.504 e. The van der Waals surface area contributed by atoms with Gasteiger partial charge in [-0.25, -0.2) is 0 Å². The lowest BCUT2D eigenvalue weighted by Crippen LogP contribution is -1.95. The number of phenols is 1. The second kappa shape index (κ2) is 6.99. The van der Waals surface area contributed by atoms with E-state index in [0.29, 0.717) is 22.9 Å². The number of hydrogen-bond donors (Lipinski definition) is 2. The number of aryl methyl sites for hydroxylation is 1.